The van der Waals surface area contributed by atoms with Crippen LogP contribution < -0.4 is 33.2 Å². The Morgan fingerprint density at radius 3 is 1.97 bits per heavy atom. The number of carboxylic acid groups (broad SMARTS) is 1. The van der Waals surface area contributed by atoms with E-state index in [4.69, 9.17) is 17.2 Å². The highest BCUT2D eigenvalue weighted by Gasteiger charge is 2.28. The van der Waals surface area contributed by atoms with Crippen molar-refractivity contribution in [2.75, 3.05) is 6.54 Å². The standard InChI is InChI=1S/C17H30N6O7/c1-8(2)5-11(17(29)30)23-16(28)10(6-13(20)25)22-14(26)7-21-15(27)9(18)3-4-12(19)24/h8-11H,3-7,18H2,1-2H3,(H2,19,24)(H2,20,25)(H,21,27)(H,22,26)(H,23,28)(H,29,30). The van der Waals surface area contributed by atoms with Gasteiger partial charge in [0, 0.05) is 6.42 Å². The van der Waals surface area contributed by atoms with Crippen LogP contribution >= 0.6 is 0 Å². The lowest BCUT2D eigenvalue weighted by Gasteiger charge is -2.22. The molecule has 0 rings (SSSR count). The Kier molecular flexibility index (Phi) is 11.7. The maximum absolute atomic E-state index is 12.4. The lowest BCUT2D eigenvalue weighted by molar-refractivity contribution is -0.142. The van der Waals surface area contributed by atoms with Gasteiger partial charge in [0.15, 0.2) is 0 Å². The van der Waals surface area contributed by atoms with Crippen molar-refractivity contribution in [3.63, 3.8) is 0 Å². The molecule has 10 N–H and O–H groups in total. The Morgan fingerprint density at radius 2 is 1.50 bits per heavy atom. The van der Waals surface area contributed by atoms with Crippen LogP contribution in [0, 0.1) is 5.92 Å². The summed E-state index contributed by atoms with van der Waals surface area (Å²) in [6.07, 6.45) is -0.556. The van der Waals surface area contributed by atoms with Gasteiger partial charge in [-0.15, -0.1) is 0 Å². The predicted octanol–water partition coefficient (Wildman–Crippen LogP) is -3.33. The summed E-state index contributed by atoms with van der Waals surface area (Å²) >= 11 is 0. The third-order valence-electron chi connectivity index (χ3n) is 3.84. The van der Waals surface area contributed by atoms with Gasteiger partial charge in [0.1, 0.15) is 12.1 Å². The first-order chi connectivity index (χ1) is 13.8. The molecule has 13 heteroatoms. The van der Waals surface area contributed by atoms with Crippen LogP contribution in [0.5, 0.6) is 0 Å². The van der Waals surface area contributed by atoms with E-state index in [-0.39, 0.29) is 25.2 Å². The van der Waals surface area contributed by atoms with Gasteiger partial charge < -0.3 is 38.3 Å². The normalized spacial score (nSPS) is 13.6. The molecular weight excluding hydrogens is 400 g/mol. The van der Waals surface area contributed by atoms with Crippen LogP contribution in [0.3, 0.4) is 0 Å². The maximum Gasteiger partial charge on any atom is 0.326 e. The molecule has 0 aromatic rings. The fourth-order valence-electron chi connectivity index (χ4n) is 2.35. The summed E-state index contributed by atoms with van der Waals surface area (Å²) < 4.78 is 0. The Balaban J connectivity index is 4.87. The lowest BCUT2D eigenvalue weighted by atomic mass is 10.0. The summed E-state index contributed by atoms with van der Waals surface area (Å²) in [6, 6.07) is -3.71. The summed E-state index contributed by atoms with van der Waals surface area (Å²) in [7, 11) is 0. The molecule has 30 heavy (non-hydrogen) atoms. The second kappa shape index (κ2) is 13.1. The zero-order chi connectivity index (χ0) is 23.4. The van der Waals surface area contributed by atoms with E-state index in [2.05, 4.69) is 16.0 Å². The van der Waals surface area contributed by atoms with Crippen LogP contribution in [0.2, 0.25) is 0 Å². The third-order valence-corrected chi connectivity index (χ3v) is 3.84. The number of carbonyl (C=O) groups excluding carboxylic acids is 5. The van der Waals surface area contributed by atoms with Gasteiger partial charge >= 0.3 is 5.97 Å². The molecule has 0 radical (unpaired) electrons. The molecule has 0 saturated heterocycles. The van der Waals surface area contributed by atoms with E-state index in [0.29, 0.717) is 0 Å². The average Bonchev–Trinajstić information content (AvgIpc) is 2.61. The first-order valence-corrected chi connectivity index (χ1v) is 9.25. The minimum absolute atomic E-state index is 0.0120. The number of hydrogen-bond donors (Lipinski definition) is 7. The van der Waals surface area contributed by atoms with Crippen molar-refractivity contribution in [2.45, 2.75) is 57.7 Å². The second-order valence-corrected chi connectivity index (χ2v) is 7.15. The van der Waals surface area contributed by atoms with E-state index in [9.17, 15) is 33.9 Å². The molecule has 13 nitrogen and oxygen atoms in total. The summed E-state index contributed by atoms with van der Waals surface area (Å²) in [6.45, 7) is 2.96. The molecule has 0 aliphatic carbocycles. The average molecular weight is 430 g/mol. The third kappa shape index (κ3) is 11.6. The molecule has 0 aromatic heterocycles. The van der Waals surface area contributed by atoms with E-state index in [1.54, 1.807) is 13.8 Å². The molecule has 0 fully saturated rings. The van der Waals surface area contributed by atoms with Crippen molar-refractivity contribution in [3.8, 4) is 0 Å². The van der Waals surface area contributed by atoms with E-state index >= 15 is 0 Å². The zero-order valence-corrected chi connectivity index (χ0v) is 17.0. The van der Waals surface area contributed by atoms with Crippen LogP contribution in [-0.4, -0.2) is 65.3 Å². The monoisotopic (exact) mass is 430 g/mol. The first-order valence-electron chi connectivity index (χ1n) is 9.25. The Bertz CT molecular complexity index is 667. The molecule has 3 unspecified atom stereocenters. The van der Waals surface area contributed by atoms with E-state index in [1.165, 1.54) is 0 Å². The first kappa shape index (κ1) is 26.8. The number of amides is 5. The number of rotatable bonds is 14. The SMILES string of the molecule is CC(C)CC(NC(=O)C(CC(N)=O)NC(=O)CNC(=O)C(N)CCC(N)=O)C(=O)O. The fourth-order valence-corrected chi connectivity index (χ4v) is 2.35. The number of nitrogens with two attached hydrogens (primary N) is 3. The van der Waals surface area contributed by atoms with Gasteiger partial charge in [-0.1, -0.05) is 13.8 Å². The predicted molar refractivity (Wildman–Crippen MR) is 104 cm³/mol. The Labute approximate surface area is 173 Å². The Morgan fingerprint density at radius 1 is 0.900 bits per heavy atom. The van der Waals surface area contributed by atoms with E-state index < -0.39 is 66.6 Å². The number of hydrogen-bond acceptors (Lipinski definition) is 7. The minimum Gasteiger partial charge on any atom is -0.480 e. The van der Waals surface area contributed by atoms with Crippen molar-refractivity contribution < 1.29 is 33.9 Å². The number of carboxylic acids is 1. The van der Waals surface area contributed by atoms with Crippen LogP contribution in [0.1, 0.15) is 39.5 Å². The number of aliphatic carboxylic acids is 1. The largest absolute Gasteiger partial charge is 0.480 e. The van der Waals surface area contributed by atoms with E-state index in [0.717, 1.165) is 0 Å². The molecule has 0 aromatic carbocycles. The summed E-state index contributed by atoms with van der Waals surface area (Å²) in [4.78, 5) is 69.4. The summed E-state index contributed by atoms with van der Waals surface area (Å²) in [5.41, 5.74) is 15.6. The van der Waals surface area contributed by atoms with Gasteiger partial charge in [-0.3, -0.25) is 24.0 Å². The van der Waals surface area contributed by atoms with Gasteiger partial charge in [-0.25, -0.2) is 4.79 Å². The molecule has 5 amide bonds. The molecule has 0 bridgehead atoms. The zero-order valence-electron chi connectivity index (χ0n) is 17.0. The highest BCUT2D eigenvalue weighted by Crippen LogP contribution is 2.06. The Hall–Kier alpha value is -3.22. The van der Waals surface area contributed by atoms with Crippen LogP contribution in [-0.2, 0) is 28.8 Å². The summed E-state index contributed by atoms with van der Waals surface area (Å²) in [5, 5.41) is 15.9. The minimum atomic E-state index is -1.43. The van der Waals surface area contributed by atoms with Gasteiger partial charge in [0.2, 0.25) is 29.5 Å². The van der Waals surface area contributed by atoms with Crippen molar-refractivity contribution in [1.82, 2.24) is 16.0 Å². The summed E-state index contributed by atoms with van der Waals surface area (Å²) in [5.74, 6) is -5.28. The molecule has 0 aliphatic rings. The fraction of sp³-hybridized carbons (Fsp3) is 0.647. The van der Waals surface area contributed by atoms with Crippen molar-refractivity contribution in [1.29, 1.82) is 0 Å². The van der Waals surface area contributed by atoms with Gasteiger partial charge in [-0.2, -0.15) is 0 Å². The van der Waals surface area contributed by atoms with Crippen molar-refractivity contribution in [2.24, 2.45) is 23.1 Å². The quantitative estimate of drug-likeness (QED) is 0.147. The van der Waals surface area contributed by atoms with Crippen LogP contribution in [0.15, 0.2) is 0 Å². The number of primary amides is 2. The molecule has 0 heterocycles. The van der Waals surface area contributed by atoms with Crippen molar-refractivity contribution in [3.05, 3.63) is 0 Å². The van der Waals surface area contributed by atoms with Gasteiger partial charge in [0.25, 0.3) is 0 Å². The molecular formula is C17H30N6O7. The maximum atomic E-state index is 12.4. The molecule has 0 saturated carbocycles. The van der Waals surface area contributed by atoms with Crippen LogP contribution in [0.25, 0.3) is 0 Å². The van der Waals surface area contributed by atoms with Crippen molar-refractivity contribution >= 4 is 35.5 Å². The molecule has 170 valence electrons. The number of carbonyl (C=O) groups is 6. The smallest absolute Gasteiger partial charge is 0.326 e. The van der Waals surface area contributed by atoms with E-state index in [1.807, 2.05) is 0 Å². The highest BCUT2D eigenvalue weighted by molar-refractivity contribution is 5.95. The molecule has 0 aliphatic heterocycles. The highest BCUT2D eigenvalue weighted by atomic mass is 16.4. The number of nitrogens with one attached hydrogen (secondary N) is 3. The molecule has 3 atom stereocenters. The second-order valence-electron chi connectivity index (χ2n) is 7.15. The molecule has 0 spiro atoms. The lowest BCUT2D eigenvalue weighted by Crippen LogP contribution is -2.54. The van der Waals surface area contributed by atoms with Crippen LogP contribution in [0.4, 0.5) is 0 Å². The van der Waals surface area contributed by atoms with Gasteiger partial charge in [0.05, 0.1) is 19.0 Å². The topological polar surface area (TPSA) is 237 Å². The van der Waals surface area contributed by atoms with Gasteiger partial charge in [-0.05, 0) is 18.8 Å².